The zero-order valence-electron chi connectivity index (χ0n) is 16.5. The number of ether oxygens (including phenoxy) is 1. The quantitative estimate of drug-likeness (QED) is 0.587. The highest BCUT2D eigenvalue weighted by molar-refractivity contribution is 5.99. The summed E-state index contributed by atoms with van der Waals surface area (Å²) < 4.78 is 5.82. The van der Waals surface area contributed by atoms with E-state index in [4.69, 9.17) is 4.74 Å². The standard InChI is InChI=1S/C25H27NO2/c1-26(2)17-18-28-23-15-13-22(14-16-23)25(21-11-7-4-8-12-21)24(19-27)20-9-5-3-6-10-20/h3-16,27H,17-19H2,1-2H3/b25-24-. The average molecular weight is 373 g/mol. The zero-order valence-corrected chi connectivity index (χ0v) is 16.5. The molecule has 3 nitrogen and oxygen atoms in total. The van der Waals surface area contributed by atoms with Crippen LogP contribution in [0.3, 0.4) is 0 Å². The van der Waals surface area contributed by atoms with Gasteiger partial charge in [-0.25, -0.2) is 0 Å². The Kier molecular flexibility index (Phi) is 7.01. The molecule has 28 heavy (non-hydrogen) atoms. The van der Waals surface area contributed by atoms with Gasteiger partial charge in [0.2, 0.25) is 0 Å². The van der Waals surface area contributed by atoms with E-state index >= 15 is 0 Å². The predicted molar refractivity (Wildman–Crippen MR) is 116 cm³/mol. The number of likely N-dealkylation sites (N-methyl/N-ethyl adjacent to an activating group) is 1. The first-order valence-electron chi connectivity index (χ1n) is 9.52. The van der Waals surface area contributed by atoms with Crippen molar-refractivity contribution in [3.63, 3.8) is 0 Å². The molecule has 0 atom stereocenters. The summed E-state index contributed by atoms with van der Waals surface area (Å²) in [5.74, 6) is 0.850. The van der Waals surface area contributed by atoms with E-state index in [-0.39, 0.29) is 6.61 Å². The maximum atomic E-state index is 10.2. The summed E-state index contributed by atoms with van der Waals surface area (Å²) in [6.45, 7) is 1.49. The number of benzene rings is 3. The van der Waals surface area contributed by atoms with Crippen molar-refractivity contribution in [2.24, 2.45) is 0 Å². The summed E-state index contributed by atoms with van der Waals surface area (Å²) in [6, 6.07) is 28.4. The van der Waals surface area contributed by atoms with Crippen molar-refractivity contribution in [1.82, 2.24) is 4.90 Å². The van der Waals surface area contributed by atoms with Crippen molar-refractivity contribution >= 4 is 11.1 Å². The molecule has 3 aromatic rings. The van der Waals surface area contributed by atoms with Crippen molar-refractivity contribution in [1.29, 1.82) is 0 Å². The third kappa shape index (κ3) is 5.10. The number of hydrogen-bond donors (Lipinski definition) is 1. The van der Waals surface area contributed by atoms with Crippen LogP contribution in [0.15, 0.2) is 84.9 Å². The normalized spacial score (nSPS) is 12.0. The molecule has 0 bridgehead atoms. The summed E-state index contributed by atoms with van der Waals surface area (Å²) in [4.78, 5) is 2.10. The number of aliphatic hydroxyl groups excluding tert-OH is 1. The van der Waals surface area contributed by atoms with Crippen molar-refractivity contribution in [2.45, 2.75) is 0 Å². The number of nitrogens with zero attached hydrogens (tertiary/aromatic N) is 1. The molecule has 0 aliphatic rings. The second kappa shape index (κ2) is 9.88. The Morgan fingerprint density at radius 1 is 0.750 bits per heavy atom. The fourth-order valence-corrected chi connectivity index (χ4v) is 3.14. The molecule has 1 N–H and O–H groups in total. The van der Waals surface area contributed by atoms with Gasteiger partial charge in [-0.05, 0) is 54.1 Å². The molecule has 3 aromatic carbocycles. The molecule has 0 saturated carbocycles. The minimum Gasteiger partial charge on any atom is -0.492 e. The summed E-state index contributed by atoms with van der Waals surface area (Å²) in [5.41, 5.74) is 5.10. The van der Waals surface area contributed by atoms with E-state index in [1.807, 2.05) is 74.8 Å². The van der Waals surface area contributed by atoms with Gasteiger partial charge in [0.1, 0.15) is 12.4 Å². The molecule has 0 amide bonds. The monoisotopic (exact) mass is 373 g/mol. The van der Waals surface area contributed by atoms with E-state index in [1.54, 1.807) is 0 Å². The van der Waals surface area contributed by atoms with Crippen LogP contribution in [-0.4, -0.2) is 43.9 Å². The van der Waals surface area contributed by atoms with Gasteiger partial charge in [0, 0.05) is 6.54 Å². The molecular weight excluding hydrogens is 346 g/mol. The summed E-state index contributed by atoms with van der Waals surface area (Å²) >= 11 is 0. The van der Waals surface area contributed by atoms with E-state index in [0.29, 0.717) is 6.61 Å². The summed E-state index contributed by atoms with van der Waals surface area (Å²) in [5, 5.41) is 10.2. The van der Waals surface area contributed by atoms with Gasteiger partial charge in [0.05, 0.1) is 6.61 Å². The highest BCUT2D eigenvalue weighted by Gasteiger charge is 2.13. The van der Waals surface area contributed by atoms with Crippen LogP contribution in [-0.2, 0) is 0 Å². The van der Waals surface area contributed by atoms with Crippen LogP contribution in [0.2, 0.25) is 0 Å². The molecule has 0 aliphatic heterocycles. The lowest BCUT2D eigenvalue weighted by molar-refractivity contribution is 0.261. The Hall–Kier alpha value is -2.88. The Balaban J connectivity index is 2.00. The predicted octanol–water partition coefficient (Wildman–Crippen LogP) is 4.58. The number of hydrogen-bond acceptors (Lipinski definition) is 3. The lowest BCUT2D eigenvalue weighted by Gasteiger charge is -2.16. The minimum atomic E-state index is -0.0324. The Morgan fingerprint density at radius 2 is 1.29 bits per heavy atom. The molecule has 0 heterocycles. The van der Waals surface area contributed by atoms with Crippen molar-refractivity contribution in [2.75, 3.05) is 33.9 Å². The first kappa shape index (κ1) is 19.9. The van der Waals surface area contributed by atoms with Crippen LogP contribution in [0.4, 0.5) is 0 Å². The van der Waals surface area contributed by atoms with Gasteiger partial charge in [0.15, 0.2) is 0 Å². The SMILES string of the molecule is CN(C)CCOc1ccc(/C(=C(/CO)c2ccccc2)c2ccccc2)cc1. The minimum absolute atomic E-state index is 0.0324. The van der Waals surface area contributed by atoms with Gasteiger partial charge in [-0.1, -0.05) is 72.8 Å². The van der Waals surface area contributed by atoms with E-state index in [1.165, 1.54) is 0 Å². The van der Waals surface area contributed by atoms with Crippen LogP contribution in [0.25, 0.3) is 11.1 Å². The fraction of sp³-hybridized carbons (Fsp3) is 0.200. The third-order valence-corrected chi connectivity index (χ3v) is 4.59. The largest absolute Gasteiger partial charge is 0.492 e. The fourth-order valence-electron chi connectivity index (χ4n) is 3.14. The van der Waals surface area contributed by atoms with Crippen LogP contribution in [0.5, 0.6) is 5.75 Å². The van der Waals surface area contributed by atoms with E-state index < -0.39 is 0 Å². The van der Waals surface area contributed by atoms with Gasteiger partial charge in [-0.2, -0.15) is 0 Å². The Bertz CT molecular complexity index is 885. The third-order valence-electron chi connectivity index (χ3n) is 4.59. The molecule has 144 valence electrons. The lowest BCUT2D eigenvalue weighted by Crippen LogP contribution is -2.19. The molecule has 0 unspecified atom stereocenters. The van der Waals surface area contributed by atoms with Gasteiger partial charge in [-0.3, -0.25) is 0 Å². The van der Waals surface area contributed by atoms with Gasteiger partial charge >= 0.3 is 0 Å². The molecule has 0 fully saturated rings. The van der Waals surface area contributed by atoms with E-state index in [2.05, 4.69) is 29.2 Å². The van der Waals surface area contributed by atoms with Gasteiger partial charge in [-0.15, -0.1) is 0 Å². The molecule has 0 aliphatic carbocycles. The second-order valence-corrected chi connectivity index (χ2v) is 6.92. The smallest absolute Gasteiger partial charge is 0.119 e. The molecule has 0 saturated heterocycles. The Morgan fingerprint density at radius 3 is 1.82 bits per heavy atom. The topological polar surface area (TPSA) is 32.7 Å². The van der Waals surface area contributed by atoms with Crippen LogP contribution in [0.1, 0.15) is 16.7 Å². The molecule has 3 heteroatoms. The van der Waals surface area contributed by atoms with Crippen LogP contribution in [0, 0.1) is 0 Å². The number of aliphatic hydroxyl groups is 1. The van der Waals surface area contributed by atoms with E-state index in [9.17, 15) is 5.11 Å². The summed E-state index contributed by atoms with van der Waals surface area (Å²) in [6.07, 6.45) is 0. The maximum Gasteiger partial charge on any atom is 0.119 e. The number of rotatable bonds is 8. The molecule has 3 rings (SSSR count). The first-order chi connectivity index (χ1) is 13.7. The molecule has 0 spiro atoms. The maximum absolute atomic E-state index is 10.2. The highest BCUT2D eigenvalue weighted by Crippen LogP contribution is 2.32. The highest BCUT2D eigenvalue weighted by atomic mass is 16.5. The Labute approximate surface area is 167 Å². The van der Waals surface area contributed by atoms with Crippen LogP contribution >= 0.6 is 0 Å². The lowest BCUT2D eigenvalue weighted by atomic mass is 9.90. The van der Waals surface area contributed by atoms with Gasteiger partial charge < -0.3 is 14.7 Å². The van der Waals surface area contributed by atoms with Crippen molar-refractivity contribution < 1.29 is 9.84 Å². The van der Waals surface area contributed by atoms with Crippen molar-refractivity contribution in [3.05, 3.63) is 102 Å². The molecule has 0 radical (unpaired) electrons. The summed E-state index contributed by atoms with van der Waals surface area (Å²) in [7, 11) is 4.06. The first-order valence-corrected chi connectivity index (χ1v) is 9.52. The van der Waals surface area contributed by atoms with E-state index in [0.717, 1.165) is 40.1 Å². The van der Waals surface area contributed by atoms with Gasteiger partial charge in [0.25, 0.3) is 0 Å². The molecule has 0 aromatic heterocycles. The molecular formula is C25H27NO2. The van der Waals surface area contributed by atoms with Crippen molar-refractivity contribution in [3.8, 4) is 5.75 Å². The second-order valence-electron chi connectivity index (χ2n) is 6.92. The average Bonchev–Trinajstić information content (AvgIpc) is 2.73. The van der Waals surface area contributed by atoms with Crippen LogP contribution < -0.4 is 4.74 Å². The zero-order chi connectivity index (χ0) is 19.8.